The number of thiazole rings is 1. The fourth-order valence-corrected chi connectivity index (χ4v) is 4.83. The van der Waals surface area contributed by atoms with E-state index >= 15 is 0 Å². The summed E-state index contributed by atoms with van der Waals surface area (Å²) in [6.07, 6.45) is 0. The van der Waals surface area contributed by atoms with Gasteiger partial charge >= 0.3 is 0 Å². The maximum atomic E-state index is 12.9. The van der Waals surface area contributed by atoms with Gasteiger partial charge in [0.25, 0.3) is 5.91 Å². The third-order valence-electron chi connectivity index (χ3n) is 4.10. The van der Waals surface area contributed by atoms with E-state index in [1.807, 2.05) is 25.1 Å². The molecule has 4 aromatic rings. The van der Waals surface area contributed by atoms with Crippen LogP contribution in [0.4, 0.5) is 5.13 Å². The number of amides is 1. The van der Waals surface area contributed by atoms with Crippen LogP contribution in [0.3, 0.4) is 0 Å². The Morgan fingerprint density at radius 1 is 1.18 bits per heavy atom. The van der Waals surface area contributed by atoms with Gasteiger partial charge in [0.05, 0.1) is 21.5 Å². The third-order valence-corrected chi connectivity index (χ3v) is 6.08. The molecule has 8 heteroatoms. The van der Waals surface area contributed by atoms with Crippen LogP contribution >= 0.6 is 23.1 Å². The molecule has 0 atom stereocenters. The van der Waals surface area contributed by atoms with Crippen molar-refractivity contribution in [2.24, 2.45) is 0 Å². The van der Waals surface area contributed by atoms with E-state index in [0.717, 1.165) is 20.7 Å². The molecule has 0 saturated heterocycles. The summed E-state index contributed by atoms with van der Waals surface area (Å²) in [6.45, 7) is 5.87. The van der Waals surface area contributed by atoms with Crippen molar-refractivity contribution in [2.45, 2.75) is 31.4 Å². The van der Waals surface area contributed by atoms with Crippen molar-refractivity contribution in [3.8, 4) is 0 Å². The van der Waals surface area contributed by atoms with Crippen molar-refractivity contribution in [3.05, 3.63) is 64.8 Å². The summed E-state index contributed by atoms with van der Waals surface area (Å²) in [5.41, 5.74) is 3.82. The average molecular weight is 411 g/mol. The molecule has 1 N–H and O–H groups in total. The number of anilines is 1. The second-order valence-corrected chi connectivity index (χ2v) is 8.47. The van der Waals surface area contributed by atoms with E-state index in [9.17, 15) is 4.79 Å². The molecule has 142 valence electrons. The van der Waals surface area contributed by atoms with Crippen molar-refractivity contribution in [1.29, 1.82) is 0 Å². The van der Waals surface area contributed by atoms with Crippen LogP contribution in [0.25, 0.3) is 10.2 Å². The van der Waals surface area contributed by atoms with Crippen LogP contribution in [-0.2, 0) is 5.75 Å². The van der Waals surface area contributed by atoms with Crippen molar-refractivity contribution in [3.63, 3.8) is 0 Å². The van der Waals surface area contributed by atoms with Gasteiger partial charge in [-0.2, -0.15) is 4.98 Å². The van der Waals surface area contributed by atoms with E-state index in [1.54, 1.807) is 13.0 Å². The first-order chi connectivity index (χ1) is 13.5. The Hall–Kier alpha value is -2.71. The molecule has 2 aromatic heterocycles. The number of nitrogens with one attached hydrogen (secondary N) is 1. The highest BCUT2D eigenvalue weighted by Gasteiger charge is 2.15. The van der Waals surface area contributed by atoms with Crippen LogP contribution in [-0.4, -0.2) is 21.0 Å². The van der Waals surface area contributed by atoms with Crippen LogP contribution in [0, 0.1) is 20.8 Å². The zero-order valence-corrected chi connectivity index (χ0v) is 17.3. The van der Waals surface area contributed by atoms with Crippen LogP contribution in [0.1, 0.15) is 33.2 Å². The van der Waals surface area contributed by atoms with Gasteiger partial charge < -0.3 is 4.52 Å². The predicted molar refractivity (Wildman–Crippen MR) is 112 cm³/mol. The topological polar surface area (TPSA) is 80.9 Å². The quantitative estimate of drug-likeness (QED) is 0.458. The van der Waals surface area contributed by atoms with Crippen molar-refractivity contribution in [1.82, 2.24) is 15.1 Å². The molecule has 0 radical (unpaired) electrons. The number of aromatic nitrogens is 3. The van der Waals surface area contributed by atoms with Crippen LogP contribution < -0.4 is 5.32 Å². The van der Waals surface area contributed by atoms with Crippen LogP contribution in [0.15, 0.2) is 45.8 Å². The van der Waals surface area contributed by atoms with E-state index in [-0.39, 0.29) is 5.91 Å². The normalized spacial score (nSPS) is 11.1. The van der Waals surface area contributed by atoms with E-state index < -0.39 is 0 Å². The summed E-state index contributed by atoms with van der Waals surface area (Å²) >= 11 is 2.97. The second kappa shape index (κ2) is 7.73. The van der Waals surface area contributed by atoms with Crippen molar-refractivity contribution < 1.29 is 9.32 Å². The molecule has 0 spiro atoms. The molecule has 0 aliphatic rings. The molecule has 0 bridgehead atoms. The molecule has 2 heterocycles. The second-order valence-electron chi connectivity index (χ2n) is 6.42. The van der Waals surface area contributed by atoms with Gasteiger partial charge in [0, 0.05) is 4.90 Å². The average Bonchev–Trinajstić information content (AvgIpc) is 3.26. The molecular weight excluding hydrogens is 392 g/mol. The van der Waals surface area contributed by atoms with Gasteiger partial charge in [0.15, 0.2) is 11.0 Å². The maximum Gasteiger partial charge on any atom is 0.258 e. The van der Waals surface area contributed by atoms with Crippen molar-refractivity contribution in [2.75, 3.05) is 5.32 Å². The Balaban J connectivity index is 1.54. The lowest BCUT2D eigenvalue weighted by atomic mass is 10.1. The largest absolute Gasteiger partial charge is 0.338 e. The van der Waals surface area contributed by atoms with Gasteiger partial charge in [0.1, 0.15) is 0 Å². The zero-order valence-electron chi connectivity index (χ0n) is 15.6. The number of aryl methyl sites for hydroxylation is 3. The Bertz CT molecular complexity index is 1170. The smallest absolute Gasteiger partial charge is 0.258 e. The summed E-state index contributed by atoms with van der Waals surface area (Å²) in [4.78, 5) is 22.5. The predicted octanol–water partition coefficient (Wildman–Crippen LogP) is 5.15. The summed E-state index contributed by atoms with van der Waals surface area (Å²) in [5, 5.41) is 7.33. The highest BCUT2D eigenvalue weighted by atomic mass is 32.2. The SMILES string of the molecule is Cc1cc(C)c2nc(NC(=O)c3ccccc3SCc3nc(C)no3)sc2c1. The van der Waals surface area contributed by atoms with E-state index in [0.29, 0.717) is 28.2 Å². The number of nitrogens with zero attached hydrogens (tertiary/aromatic N) is 3. The lowest BCUT2D eigenvalue weighted by Crippen LogP contribution is -2.12. The van der Waals surface area contributed by atoms with Gasteiger partial charge in [-0.3, -0.25) is 10.1 Å². The number of carbonyl (C=O) groups excluding carboxylic acids is 1. The molecule has 28 heavy (non-hydrogen) atoms. The minimum absolute atomic E-state index is 0.182. The first-order valence-corrected chi connectivity index (χ1v) is 10.5. The van der Waals surface area contributed by atoms with Gasteiger partial charge in [-0.15, -0.1) is 11.8 Å². The number of thioether (sulfide) groups is 1. The summed E-state index contributed by atoms with van der Waals surface area (Å²) < 4.78 is 6.22. The highest BCUT2D eigenvalue weighted by molar-refractivity contribution is 7.98. The van der Waals surface area contributed by atoms with Crippen LogP contribution in [0.5, 0.6) is 0 Å². The summed E-state index contributed by atoms with van der Waals surface area (Å²) in [7, 11) is 0. The molecule has 0 unspecified atom stereocenters. The Labute approximate surface area is 170 Å². The number of carbonyl (C=O) groups is 1. The maximum absolute atomic E-state index is 12.9. The molecule has 6 nitrogen and oxygen atoms in total. The summed E-state index contributed by atoms with van der Waals surface area (Å²) in [6, 6.07) is 11.7. The minimum atomic E-state index is -0.182. The van der Waals surface area contributed by atoms with Gasteiger partial charge in [-0.1, -0.05) is 34.7 Å². The molecule has 2 aromatic carbocycles. The van der Waals surface area contributed by atoms with E-state index in [4.69, 9.17) is 4.52 Å². The lowest BCUT2D eigenvalue weighted by Gasteiger charge is -2.07. The molecule has 4 rings (SSSR count). The standard InChI is InChI=1S/C20H18N4O2S2/c1-11-8-12(2)18-16(9-11)28-20(22-18)23-19(25)14-6-4-5-7-15(14)27-10-17-21-13(3)24-26-17/h4-9H,10H2,1-3H3,(H,22,23,25). The molecule has 0 saturated carbocycles. The van der Waals surface area contributed by atoms with Gasteiger partial charge in [-0.05, 0) is 50.1 Å². The van der Waals surface area contributed by atoms with Crippen molar-refractivity contribution >= 4 is 44.4 Å². The monoisotopic (exact) mass is 410 g/mol. The van der Waals surface area contributed by atoms with Gasteiger partial charge in [-0.25, -0.2) is 4.98 Å². The molecular formula is C20H18N4O2S2. The number of hydrogen-bond acceptors (Lipinski definition) is 7. The Kier molecular flexibility index (Phi) is 5.15. The Morgan fingerprint density at radius 3 is 2.79 bits per heavy atom. The fraction of sp³-hybridized carbons (Fsp3) is 0.200. The number of benzene rings is 2. The third kappa shape index (κ3) is 3.93. The number of rotatable bonds is 5. The lowest BCUT2D eigenvalue weighted by molar-refractivity contribution is 0.102. The van der Waals surface area contributed by atoms with E-state index in [2.05, 4.69) is 39.5 Å². The molecule has 0 fully saturated rings. The first kappa shape index (κ1) is 18.6. The Morgan fingerprint density at radius 2 is 2.00 bits per heavy atom. The van der Waals surface area contributed by atoms with Crippen LogP contribution in [0.2, 0.25) is 0 Å². The number of hydrogen-bond donors (Lipinski definition) is 1. The van der Waals surface area contributed by atoms with E-state index in [1.165, 1.54) is 28.7 Å². The van der Waals surface area contributed by atoms with Gasteiger partial charge in [0.2, 0.25) is 5.89 Å². The fourth-order valence-electron chi connectivity index (χ4n) is 2.91. The molecule has 0 aliphatic heterocycles. The highest BCUT2D eigenvalue weighted by Crippen LogP contribution is 2.31. The first-order valence-electron chi connectivity index (χ1n) is 8.70. The zero-order chi connectivity index (χ0) is 19.7. The summed E-state index contributed by atoms with van der Waals surface area (Å²) in [5.74, 6) is 1.46. The molecule has 0 aliphatic carbocycles. The minimum Gasteiger partial charge on any atom is -0.338 e. The molecule has 1 amide bonds. The number of fused-ring (bicyclic) bond motifs is 1.